The number of hydrogen-bond donors (Lipinski definition) is 2. The molecule has 102 valence electrons. The van der Waals surface area contributed by atoms with E-state index in [4.69, 9.17) is 9.84 Å². The lowest BCUT2D eigenvalue weighted by Gasteiger charge is -2.11. The van der Waals surface area contributed by atoms with Crippen molar-refractivity contribution in [2.75, 3.05) is 40.4 Å². The zero-order valence-electron chi connectivity index (χ0n) is 11.4. The van der Waals surface area contributed by atoms with Crippen molar-refractivity contribution in [1.29, 1.82) is 0 Å². The van der Waals surface area contributed by atoms with Crippen molar-refractivity contribution in [1.82, 2.24) is 10.2 Å². The van der Waals surface area contributed by atoms with E-state index < -0.39 is 0 Å². The fourth-order valence-electron chi connectivity index (χ4n) is 1.63. The van der Waals surface area contributed by atoms with Crippen molar-refractivity contribution >= 4 is 0 Å². The van der Waals surface area contributed by atoms with Crippen LogP contribution in [0.2, 0.25) is 0 Å². The summed E-state index contributed by atoms with van der Waals surface area (Å²) in [5.74, 6) is 0.914. The lowest BCUT2D eigenvalue weighted by Crippen LogP contribution is -2.17. The second-order valence-corrected chi connectivity index (χ2v) is 4.55. The van der Waals surface area contributed by atoms with Crippen LogP contribution in [0.15, 0.2) is 24.3 Å². The molecule has 0 saturated heterocycles. The fourth-order valence-corrected chi connectivity index (χ4v) is 1.63. The zero-order valence-corrected chi connectivity index (χ0v) is 11.4. The Kier molecular flexibility index (Phi) is 7.41. The van der Waals surface area contributed by atoms with Gasteiger partial charge in [0.05, 0.1) is 13.2 Å². The molecule has 0 unspecified atom stereocenters. The van der Waals surface area contributed by atoms with E-state index in [1.54, 1.807) is 0 Å². The van der Waals surface area contributed by atoms with Gasteiger partial charge in [0.25, 0.3) is 0 Å². The second kappa shape index (κ2) is 8.91. The molecule has 0 atom stereocenters. The Hall–Kier alpha value is -1.10. The van der Waals surface area contributed by atoms with E-state index in [0.29, 0.717) is 6.54 Å². The topological polar surface area (TPSA) is 44.7 Å². The summed E-state index contributed by atoms with van der Waals surface area (Å²) in [6.07, 6.45) is 1.03. The molecule has 0 radical (unpaired) electrons. The molecule has 0 heterocycles. The van der Waals surface area contributed by atoms with Crippen molar-refractivity contribution < 1.29 is 9.84 Å². The molecule has 0 fully saturated rings. The third-order valence-electron chi connectivity index (χ3n) is 2.53. The Morgan fingerprint density at radius 2 is 2.17 bits per heavy atom. The molecule has 0 saturated carbocycles. The van der Waals surface area contributed by atoms with Gasteiger partial charge < -0.3 is 20.1 Å². The van der Waals surface area contributed by atoms with Gasteiger partial charge in [-0.3, -0.25) is 0 Å². The first-order chi connectivity index (χ1) is 8.72. The molecule has 4 nitrogen and oxygen atoms in total. The summed E-state index contributed by atoms with van der Waals surface area (Å²) in [5, 5.41) is 11.8. The van der Waals surface area contributed by atoms with E-state index in [0.717, 1.165) is 31.9 Å². The zero-order chi connectivity index (χ0) is 13.2. The quantitative estimate of drug-likeness (QED) is 0.646. The molecule has 0 bridgehead atoms. The molecular weight excluding hydrogens is 228 g/mol. The molecule has 4 heteroatoms. The van der Waals surface area contributed by atoms with Gasteiger partial charge in [0.2, 0.25) is 0 Å². The molecule has 0 aromatic heterocycles. The molecule has 1 rings (SSSR count). The van der Waals surface area contributed by atoms with Gasteiger partial charge >= 0.3 is 0 Å². The van der Waals surface area contributed by atoms with E-state index >= 15 is 0 Å². The van der Waals surface area contributed by atoms with Crippen molar-refractivity contribution in [3.63, 3.8) is 0 Å². The van der Waals surface area contributed by atoms with Gasteiger partial charge in [-0.05, 0) is 38.2 Å². The van der Waals surface area contributed by atoms with Crippen LogP contribution in [-0.4, -0.2) is 50.4 Å². The van der Waals surface area contributed by atoms with E-state index in [-0.39, 0.29) is 6.61 Å². The van der Waals surface area contributed by atoms with Crippen LogP contribution in [0.1, 0.15) is 12.0 Å². The van der Waals surface area contributed by atoms with E-state index in [9.17, 15) is 0 Å². The highest BCUT2D eigenvalue weighted by Crippen LogP contribution is 2.13. The molecule has 0 aliphatic heterocycles. The number of aliphatic hydroxyl groups is 1. The number of rotatable bonds is 9. The molecule has 2 N–H and O–H groups in total. The van der Waals surface area contributed by atoms with Crippen LogP contribution < -0.4 is 10.1 Å². The van der Waals surface area contributed by atoms with Crippen molar-refractivity contribution in [2.24, 2.45) is 0 Å². The van der Waals surface area contributed by atoms with Gasteiger partial charge in [-0.1, -0.05) is 12.1 Å². The molecule has 1 aromatic carbocycles. The Morgan fingerprint density at radius 3 is 2.89 bits per heavy atom. The summed E-state index contributed by atoms with van der Waals surface area (Å²) in [6.45, 7) is 3.33. The normalized spacial score (nSPS) is 10.9. The number of benzene rings is 1. The van der Waals surface area contributed by atoms with E-state index in [2.05, 4.69) is 30.4 Å². The van der Waals surface area contributed by atoms with Gasteiger partial charge in [-0.15, -0.1) is 0 Å². The first-order valence-electron chi connectivity index (χ1n) is 6.40. The third kappa shape index (κ3) is 6.59. The Balaban J connectivity index is 2.30. The number of ether oxygens (including phenoxy) is 1. The third-order valence-corrected chi connectivity index (χ3v) is 2.53. The highest BCUT2D eigenvalue weighted by molar-refractivity contribution is 5.28. The van der Waals surface area contributed by atoms with Gasteiger partial charge in [0, 0.05) is 19.6 Å². The maximum atomic E-state index is 8.70. The maximum Gasteiger partial charge on any atom is 0.119 e. The summed E-state index contributed by atoms with van der Waals surface area (Å²) in [5.41, 5.74) is 1.17. The average molecular weight is 252 g/mol. The Labute approximate surface area is 110 Å². The minimum Gasteiger partial charge on any atom is -0.494 e. The Morgan fingerprint density at radius 1 is 1.33 bits per heavy atom. The summed E-state index contributed by atoms with van der Waals surface area (Å²) in [7, 11) is 4.13. The SMILES string of the molecule is CN(C)CCCOc1cccc(CNCCO)c1. The van der Waals surface area contributed by atoms with Crippen LogP contribution in [0.25, 0.3) is 0 Å². The van der Waals surface area contributed by atoms with E-state index in [1.807, 2.05) is 18.2 Å². The van der Waals surface area contributed by atoms with Crippen LogP contribution in [0, 0.1) is 0 Å². The highest BCUT2D eigenvalue weighted by atomic mass is 16.5. The van der Waals surface area contributed by atoms with Crippen molar-refractivity contribution in [3.8, 4) is 5.75 Å². The molecular formula is C14H24N2O2. The van der Waals surface area contributed by atoms with Crippen LogP contribution in [0.4, 0.5) is 0 Å². The lowest BCUT2D eigenvalue weighted by molar-refractivity contribution is 0.281. The molecule has 0 aliphatic rings. The maximum absolute atomic E-state index is 8.70. The first-order valence-corrected chi connectivity index (χ1v) is 6.40. The molecule has 0 aliphatic carbocycles. The molecule has 18 heavy (non-hydrogen) atoms. The smallest absolute Gasteiger partial charge is 0.119 e. The lowest BCUT2D eigenvalue weighted by atomic mass is 10.2. The standard InChI is InChI=1S/C14H24N2O2/c1-16(2)8-4-10-18-14-6-3-5-13(11-14)12-15-7-9-17/h3,5-6,11,15,17H,4,7-10,12H2,1-2H3. The molecule has 0 amide bonds. The second-order valence-electron chi connectivity index (χ2n) is 4.55. The predicted molar refractivity (Wildman–Crippen MR) is 73.9 cm³/mol. The number of aliphatic hydroxyl groups excluding tert-OH is 1. The predicted octanol–water partition coefficient (Wildman–Crippen LogP) is 1.10. The van der Waals surface area contributed by atoms with E-state index in [1.165, 1.54) is 5.56 Å². The van der Waals surface area contributed by atoms with Gasteiger partial charge in [-0.2, -0.15) is 0 Å². The fraction of sp³-hybridized carbons (Fsp3) is 0.571. The molecule has 1 aromatic rings. The van der Waals surface area contributed by atoms with Gasteiger partial charge in [0.1, 0.15) is 5.75 Å². The number of nitrogens with one attached hydrogen (secondary N) is 1. The van der Waals surface area contributed by atoms with Crippen molar-refractivity contribution in [2.45, 2.75) is 13.0 Å². The summed E-state index contributed by atoms with van der Waals surface area (Å²) in [4.78, 5) is 2.15. The van der Waals surface area contributed by atoms with Gasteiger partial charge in [-0.25, -0.2) is 0 Å². The number of nitrogens with zero attached hydrogens (tertiary/aromatic N) is 1. The van der Waals surface area contributed by atoms with Crippen LogP contribution in [0.3, 0.4) is 0 Å². The van der Waals surface area contributed by atoms with Crippen LogP contribution >= 0.6 is 0 Å². The summed E-state index contributed by atoms with van der Waals surface area (Å²) < 4.78 is 5.70. The largest absolute Gasteiger partial charge is 0.494 e. The monoisotopic (exact) mass is 252 g/mol. The number of hydrogen-bond acceptors (Lipinski definition) is 4. The average Bonchev–Trinajstić information content (AvgIpc) is 2.35. The summed E-state index contributed by atoms with van der Waals surface area (Å²) in [6, 6.07) is 8.07. The first kappa shape index (κ1) is 15.0. The van der Waals surface area contributed by atoms with Crippen LogP contribution in [0.5, 0.6) is 5.75 Å². The summed E-state index contributed by atoms with van der Waals surface area (Å²) >= 11 is 0. The minimum atomic E-state index is 0.167. The van der Waals surface area contributed by atoms with Crippen LogP contribution in [-0.2, 0) is 6.54 Å². The van der Waals surface area contributed by atoms with Gasteiger partial charge in [0.15, 0.2) is 0 Å². The molecule has 0 spiro atoms. The van der Waals surface area contributed by atoms with Crippen molar-refractivity contribution in [3.05, 3.63) is 29.8 Å². The minimum absolute atomic E-state index is 0.167. The Bertz CT molecular complexity index is 329. The highest BCUT2D eigenvalue weighted by Gasteiger charge is 1.97.